The first kappa shape index (κ1) is 24.3. The lowest BCUT2D eigenvalue weighted by Crippen LogP contribution is -2.43. The number of amides is 2. The Labute approximate surface area is 193 Å². The van der Waals surface area contributed by atoms with Crippen LogP contribution in [0.25, 0.3) is 11.1 Å². The average Bonchev–Trinajstić information content (AvgIpc) is 3.13. The van der Waals surface area contributed by atoms with Gasteiger partial charge in [-0.05, 0) is 35.1 Å². The van der Waals surface area contributed by atoms with E-state index in [-0.39, 0.29) is 31.5 Å². The van der Waals surface area contributed by atoms with Crippen LogP contribution in [0.1, 0.15) is 42.7 Å². The van der Waals surface area contributed by atoms with Crippen molar-refractivity contribution >= 4 is 18.0 Å². The summed E-state index contributed by atoms with van der Waals surface area (Å²) < 4.78 is 10.3. The Morgan fingerprint density at radius 2 is 1.61 bits per heavy atom. The zero-order chi connectivity index (χ0) is 23.6. The highest BCUT2D eigenvalue weighted by Crippen LogP contribution is 2.44. The van der Waals surface area contributed by atoms with E-state index in [0.717, 1.165) is 6.42 Å². The molecule has 0 bridgehead atoms. The maximum absolute atomic E-state index is 12.1. The predicted octanol–water partition coefficient (Wildman–Crippen LogP) is 3.30. The Bertz CT molecular complexity index is 931. The van der Waals surface area contributed by atoms with Gasteiger partial charge >= 0.3 is 12.1 Å². The van der Waals surface area contributed by atoms with Gasteiger partial charge in [-0.15, -0.1) is 0 Å². The van der Waals surface area contributed by atoms with Gasteiger partial charge in [0.2, 0.25) is 5.91 Å². The van der Waals surface area contributed by atoms with Crippen molar-refractivity contribution in [2.45, 2.75) is 37.6 Å². The molecule has 0 unspecified atom stereocenters. The highest BCUT2D eigenvalue weighted by atomic mass is 16.5. The van der Waals surface area contributed by atoms with Gasteiger partial charge in [-0.3, -0.25) is 4.79 Å². The molecule has 8 nitrogen and oxygen atoms in total. The van der Waals surface area contributed by atoms with Crippen molar-refractivity contribution in [1.82, 2.24) is 10.6 Å². The fraction of sp³-hybridized carbons (Fsp3) is 0.400. The highest BCUT2D eigenvalue weighted by molar-refractivity contribution is 5.83. The molecule has 0 fully saturated rings. The molecule has 2 aromatic carbocycles. The molecule has 1 atom stereocenters. The summed E-state index contributed by atoms with van der Waals surface area (Å²) in [4.78, 5) is 35.0. The number of ether oxygens (including phenoxy) is 2. The van der Waals surface area contributed by atoms with Crippen molar-refractivity contribution in [3.8, 4) is 11.1 Å². The normalized spacial score (nSPS) is 13.0. The van der Waals surface area contributed by atoms with Crippen LogP contribution in [-0.4, -0.2) is 56.0 Å². The van der Waals surface area contributed by atoms with Gasteiger partial charge in [-0.1, -0.05) is 55.0 Å². The molecule has 0 aliphatic heterocycles. The van der Waals surface area contributed by atoms with Crippen molar-refractivity contribution in [3.63, 3.8) is 0 Å². The molecule has 3 rings (SSSR count). The van der Waals surface area contributed by atoms with E-state index in [2.05, 4.69) is 34.9 Å². The number of methoxy groups -OCH3 is 1. The van der Waals surface area contributed by atoms with Crippen molar-refractivity contribution in [3.05, 3.63) is 59.7 Å². The summed E-state index contributed by atoms with van der Waals surface area (Å²) in [6.45, 7) is 0.636. The van der Waals surface area contributed by atoms with E-state index in [1.807, 2.05) is 24.3 Å². The Balaban J connectivity index is 1.33. The van der Waals surface area contributed by atoms with Gasteiger partial charge in [0.05, 0.1) is 6.61 Å². The molecule has 1 aliphatic carbocycles. The molecular formula is C25H30N2O6. The molecule has 3 N–H and O–H groups in total. The molecule has 1 aliphatic rings. The van der Waals surface area contributed by atoms with Crippen LogP contribution in [0.15, 0.2) is 48.5 Å². The van der Waals surface area contributed by atoms with Gasteiger partial charge < -0.3 is 25.2 Å². The second-order valence-corrected chi connectivity index (χ2v) is 7.98. The largest absolute Gasteiger partial charge is 0.480 e. The van der Waals surface area contributed by atoms with Crippen LogP contribution in [-0.2, 0) is 19.1 Å². The number of fused-ring (bicyclic) bond motifs is 3. The lowest BCUT2D eigenvalue weighted by atomic mass is 9.98. The number of rotatable bonds is 12. The number of hydrogen-bond donors (Lipinski definition) is 3. The minimum atomic E-state index is -1.13. The maximum atomic E-state index is 12.1. The van der Waals surface area contributed by atoms with Gasteiger partial charge in [0.25, 0.3) is 0 Å². The predicted molar refractivity (Wildman–Crippen MR) is 123 cm³/mol. The molecule has 0 aromatic heterocycles. The van der Waals surface area contributed by atoms with E-state index >= 15 is 0 Å². The zero-order valence-corrected chi connectivity index (χ0v) is 18.7. The number of aliphatic carboxylic acids is 1. The van der Waals surface area contributed by atoms with E-state index in [9.17, 15) is 14.4 Å². The van der Waals surface area contributed by atoms with Crippen LogP contribution in [0, 0.1) is 0 Å². The van der Waals surface area contributed by atoms with Gasteiger partial charge in [-0.2, -0.15) is 0 Å². The summed E-state index contributed by atoms with van der Waals surface area (Å²) in [5.74, 6) is -1.43. The van der Waals surface area contributed by atoms with Gasteiger partial charge in [0, 0.05) is 26.0 Å². The minimum absolute atomic E-state index is 0.0226. The number of benzene rings is 2. The molecule has 0 spiro atoms. The van der Waals surface area contributed by atoms with Crippen molar-refractivity contribution < 1.29 is 29.0 Å². The maximum Gasteiger partial charge on any atom is 0.407 e. The van der Waals surface area contributed by atoms with Crippen LogP contribution in [0.4, 0.5) is 4.79 Å². The molecule has 0 saturated carbocycles. The van der Waals surface area contributed by atoms with Gasteiger partial charge in [0.15, 0.2) is 6.04 Å². The number of carboxylic acid groups (broad SMARTS) is 1. The summed E-state index contributed by atoms with van der Waals surface area (Å²) in [6, 6.07) is 15.3. The number of carboxylic acids is 1. The average molecular weight is 455 g/mol. The van der Waals surface area contributed by atoms with Crippen LogP contribution < -0.4 is 10.6 Å². The molecule has 0 radical (unpaired) electrons. The van der Waals surface area contributed by atoms with Crippen LogP contribution in [0.5, 0.6) is 0 Å². The van der Waals surface area contributed by atoms with Gasteiger partial charge in [-0.25, -0.2) is 9.59 Å². The highest BCUT2D eigenvalue weighted by Gasteiger charge is 2.28. The van der Waals surface area contributed by atoms with E-state index in [4.69, 9.17) is 14.6 Å². The minimum Gasteiger partial charge on any atom is -0.480 e. The number of alkyl carbamates (subject to hydrolysis) is 1. The zero-order valence-electron chi connectivity index (χ0n) is 18.7. The smallest absolute Gasteiger partial charge is 0.407 e. The first-order valence-corrected chi connectivity index (χ1v) is 11.1. The third-order valence-electron chi connectivity index (χ3n) is 5.66. The van der Waals surface area contributed by atoms with Crippen molar-refractivity contribution in [2.24, 2.45) is 0 Å². The van der Waals surface area contributed by atoms with Crippen LogP contribution >= 0.6 is 0 Å². The SMILES string of the molecule is COC[C@H](NC(=O)CCCCCNC(=O)OCC1c2ccccc2-c2ccccc21)C(=O)O. The molecule has 33 heavy (non-hydrogen) atoms. The summed E-state index contributed by atoms with van der Waals surface area (Å²) in [5, 5.41) is 14.2. The fourth-order valence-electron chi connectivity index (χ4n) is 4.04. The molecule has 2 aromatic rings. The number of nitrogens with one attached hydrogen (secondary N) is 2. The third-order valence-corrected chi connectivity index (χ3v) is 5.66. The van der Waals surface area contributed by atoms with Crippen LogP contribution in [0.3, 0.4) is 0 Å². The quantitative estimate of drug-likeness (QED) is 0.424. The van der Waals surface area contributed by atoms with E-state index < -0.39 is 18.1 Å². The molecule has 0 saturated heterocycles. The lowest BCUT2D eigenvalue weighted by molar-refractivity contribution is -0.143. The van der Waals surface area contributed by atoms with E-state index in [1.54, 1.807) is 0 Å². The molecule has 0 heterocycles. The molecule has 8 heteroatoms. The lowest BCUT2D eigenvalue weighted by Gasteiger charge is -2.14. The molecule has 2 amide bonds. The van der Waals surface area contributed by atoms with E-state index in [0.29, 0.717) is 19.4 Å². The third kappa shape index (κ3) is 6.55. The van der Waals surface area contributed by atoms with Gasteiger partial charge in [0.1, 0.15) is 6.61 Å². The van der Waals surface area contributed by atoms with Crippen molar-refractivity contribution in [2.75, 3.05) is 26.9 Å². The summed E-state index contributed by atoms with van der Waals surface area (Å²) in [5.41, 5.74) is 4.70. The monoisotopic (exact) mass is 454 g/mol. The summed E-state index contributed by atoms with van der Waals surface area (Å²) in [7, 11) is 1.38. The Hall–Kier alpha value is -3.39. The summed E-state index contributed by atoms with van der Waals surface area (Å²) >= 11 is 0. The number of hydrogen-bond acceptors (Lipinski definition) is 5. The second-order valence-electron chi connectivity index (χ2n) is 7.98. The van der Waals surface area contributed by atoms with Crippen molar-refractivity contribution in [1.29, 1.82) is 0 Å². The Morgan fingerprint density at radius 1 is 0.970 bits per heavy atom. The second kappa shape index (κ2) is 12.0. The topological polar surface area (TPSA) is 114 Å². The first-order valence-electron chi connectivity index (χ1n) is 11.1. The first-order chi connectivity index (χ1) is 16.0. The Kier molecular flexibility index (Phi) is 8.83. The number of carbonyl (C=O) groups is 3. The van der Waals surface area contributed by atoms with E-state index in [1.165, 1.54) is 29.4 Å². The fourth-order valence-corrected chi connectivity index (χ4v) is 4.04. The Morgan fingerprint density at radius 3 is 2.21 bits per heavy atom. The van der Waals surface area contributed by atoms with Crippen LogP contribution in [0.2, 0.25) is 0 Å². The molecule has 176 valence electrons. The standard InChI is InChI=1S/C25H30N2O6/c1-32-16-22(24(29)30)27-23(28)13-3-2-8-14-26-25(31)33-15-21-19-11-6-4-9-17(19)18-10-5-7-12-20(18)21/h4-7,9-12,21-22H,2-3,8,13-16H2,1H3,(H,26,31)(H,27,28)(H,29,30)/t22-/m0/s1. The number of carbonyl (C=O) groups excluding carboxylic acids is 2. The number of unbranched alkanes of at least 4 members (excludes halogenated alkanes) is 2. The molecular weight excluding hydrogens is 424 g/mol. The summed E-state index contributed by atoms with van der Waals surface area (Å²) in [6.07, 6.45) is 1.77.